The highest BCUT2D eigenvalue weighted by Crippen LogP contribution is 2.66. The number of fused-ring (bicyclic) bond motifs is 2. The predicted molar refractivity (Wildman–Crippen MR) is 85.0 cm³/mol. The van der Waals surface area contributed by atoms with Crippen LogP contribution in [0, 0.1) is 23.7 Å². The van der Waals surface area contributed by atoms with Crippen LogP contribution in [-0.4, -0.2) is 12.6 Å². The summed E-state index contributed by atoms with van der Waals surface area (Å²) in [5.41, 5.74) is 6.70. The van der Waals surface area contributed by atoms with Crippen LogP contribution in [0.25, 0.3) is 0 Å². The lowest BCUT2D eigenvalue weighted by Gasteiger charge is -2.40. The molecule has 3 heteroatoms. The zero-order chi connectivity index (χ0) is 14.5. The maximum absolute atomic E-state index is 6.52. The summed E-state index contributed by atoms with van der Waals surface area (Å²) in [7, 11) is 0. The highest BCUT2D eigenvalue weighted by atomic mass is 32.1. The van der Waals surface area contributed by atoms with Gasteiger partial charge in [0.15, 0.2) is 0 Å². The lowest BCUT2D eigenvalue weighted by molar-refractivity contribution is -0.0837. The van der Waals surface area contributed by atoms with Gasteiger partial charge in [-0.25, -0.2) is 0 Å². The summed E-state index contributed by atoms with van der Waals surface area (Å²) in [6.45, 7) is 10.0. The lowest BCUT2D eigenvalue weighted by atomic mass is 9.70. The summed E-state index contributed by atoms with van der Waals surface area (Å²) in [4.78, 5) is 2.62. The number of ether oxygens (including phenoxy) is 1. The van der Waals surface area contributed by atoms with Crippen LogP contribution in [0.4, 0.5) is 0 Å². The fraction of sp³-hybridized carbons (Fsp3) is 0.765. The molecule has 0 aromatic carbocycles. The van der Waals surface area contributed by atoms with Gasteiger partial charge in [0.2, 0.25) is 0 Å². The van der Waals surface area contributed by atoms with Gasteiger partial charge in [0.1, 0.15) is 6.10 Å². The topological polar surface area (TPSA) is 35.2 Å². The summed E-state index contributed by atoms with van der Waals surface area (Å²) in [6.07, 6.45) is 4.33. The first-order valence-corrected chi connectivity index (χ1v) is 8.62. The fourth-order valence-electron chi connectivity index (χ4n) is 4.40. The second-order valence-electron chi connectivity index (χ2n) is 7.41. The zero-order valence-corrected chi connectivity index (χ0v) is 13.9. The number of rotatable bonds is 4. The molecule has 2 N–H and O–H groups in total. The van der Waals surface area contributed by atoms with Crippen molar-refractivity contribution in [3.8, 4) is 0 Å². The van der Waals surface area contributed by atoms with Crippen LogP contribution < -0.4 is 5.73 Å². The number of nitrogens with two attached hydrogens (primary N) is 1. The first-order valence-electron chi connectivity index (χ1n) is 7.80. The monoisotopic (exact) mass is 293 g/mol. The zero-order valence-electron chi connectivity index (χ0n) is 13.1. The Morgan fingerprint density at radius 1 is 1.40 bits per heavy atom. The van der Waals surface area contributed by atoms with Gasteiger partial charge in [-0.05, 0) is 55.1 Å². The van der Waals surface area contributed by atoms with E-state index in [1.165, 1.54) is 29.0 Å². The molecule has 2 bridgehead atoms. The van der Waals surface area contributed by atoms with Gasteiger partial charge in [-0.3, -0.25) is 0 Å². The second-order valence-corrected chi connectivity index (χ2v) is 8.73. The average Bonchev–Trinajstić information content (AvgIpc) is 2.97. The fourth-order valence-corrected chi connectivity index (χ4v) is 5.33. The maximum atomic E-state index is 6.52. The predicted octanol–water partition coefficient (Wildman–Crippen LogP) is 4.29. The lowest BCUT2D eigenvalue weighted by Crippen LogP contribution is -2.38. The molecular weight excluding hydrogens is 266 g/mol. The average molecular weight is 293 g/mol. The molecule has 0 aliphatic heterocycles. The molecule has 1 aromatic rings. The van der Waals surface area contributed by atoms with E-state index in [2.05, 4.69) is 39.8 Å². The minimum Gasteiger partial charge on any atom is -0.368 e. The van der Waals surface area contributed by atoms with Gasteiger partial charge in [-0.1, -0.05) is 20.8 Å². The number of thiophene rings is 1. The van der Waals surface area contributed by atoms with Crippen molar-refractivity contribution in [3.05, 3.63) is 21.9 Å². The van der Waals surface area contributed by atoms with Crippen LogP contribution in [0.1, 0.15) is 55.9 Å². The van der Waals surface area contributed by atoms with E-state index in [0.29, 0.717) is 23.5 Å². The van der Waals surface area contributed by atoms with Gasteiger partial charge in [-0.2, -0.15) is 0 Å². The molecule has 0 amide bonds. The van der Waals surface area contributed by atoms with Crippen LogP contribution >= 0.6 is 11.3 Å². The molecule has 20 heavy (non-hydrogen) atoms. The van der Waals surface area contributed by atoms with E-state index in [-0.39, 0.29) is 6.10 Å². The van der Waals surface area contributed by atoms with Crippen molar-refractivity contribution < 1.29 is 4.74 Å². The first-order chi connectivity index (χ1) is 9.38. The Hall–Kier alpha value is -0.380. The summed E-state index contributed by atoms with van der Waals surface area (Å²) < 4.78 is 6.52. The van der Waals surface area contributed by atoms with Gasteiger partial charge in [-0.15, -0.1) is 11.3 Å². The molecule has 2 aliphatic carbocycles. The molecule has 2 nitrogen and oxygen atoms in total. The van der Waals surface area contributed by atoms with E-state index in [4.69, 9.17) is 10.5 Å². The highest BCUT2D eigenvalue weighted by molar-refractivity contribution is 7.12. The largest absolute Gasteiger partial charge is 0.368 e. The first kappa shape index (κ1) is 14.6. The smallest absolute Gasteiger partial charge is 0.104 e. The number of hydrogen-bond donors (Lipinski definition) is 1. The summed E-state index contributed by atoms with van der Waals surface area (Å²) in [5.74, 6) is 0.820. The second kappa shape index (κ2) is 4.82. The quantitative estimate of drug-likeness (QED) is 0.899. The number of aryl methyl sites for hydroxylation is 1. The van der Waals surface area contributed by atoms with Crippen molar-refractivity contribution in [2.45, 2.75) is 59.2 Å². The van der Waals surface area contributed by atoms with Crippen molar-refractivity contribution in [2.75, 3.05) is 6.54 Å². The van der Waals surface area contributed by atoms with Crippen LogP contribution in [0.2, 0.25) is 0 Å². The molecule has 3 rings (SSSR count). The van der Waals surface area contributed by atoms with Gasteiger partial charge in [0.05, 0.1) is 6.10 Å². The van der Waals surface area contributed by atoms with E-state index in [1.807, 2.05) is 11.3 Å². The van der Waals surface area contributed by atoms with E-state index in [0.717, 1.165) is 5.92 Å². The standard InChI is InChI=1S/C17H27NOS/c1-11-5-6-14(20-11)13(10-18)19-15-9-12-7-8-17(15,4)16(12,2)3/h5-6,12-13,15H,7-10,18H2,1-4H3. The maximum Gasteiger partial charge on any atom is 0.104 e. The van der Waals surface area contributed by atoms with Crippen molar-refractivity contribution in [1.29, 1.82) is 0 Å². The van der Waals surface area contributed by atoms with E-state index < -0.39 is 0 Å². The van der Waals surface area contributed by atoms with Crippen molar-refractivity contribution in [1.82, 2.24) is 0 Å². The summed E-state index contributed by atoms with van der Waals surface area (Å²) in [6, 6.07) is 4.34. The Bertz CT molecular complexity index is 495. The van der Waals surface area contributed by atoms with Crippen LogP contribution in [0.3, 0.4) is 0 Å². The minimum atomic E-state index is 0.0747. The van der Waals surface area contributed by atoms with E-state index in [1.54, 1.807) is 0 Å². The Kier molecular flexibility index (Phi) is 3.51. The minimum absolute atomic E-state index is 0.0747. The van der Waals surface area contributed by atoms with Crippen molar-refractivity contribution in [3.63, 3.8) is 0 Å². The van der Waals surface area contributed by atoms with Crippen LogP contribution in [-0.2, 0) is 4.74 Å². The highest BCUT2D eigenvalue weighted by Gasteiger charge is 2.62. The summed E-state index contributed by atoms with van der Waals surface area (Å²) in [5, 5.41) is 0. The molecule has 1 heterocycles. The Balaban J connectivity index is 1.78. The van der Waals surface area contributed by atoms with Crippen LogP contribution in [0.5, 0.6) is 0 Å². The number of hydrogen-bond acceptors (Lipinski definition) is 3. The van der Waals surface area contributed by atoms with Gasteiger partial charge < -0.3 is 10.5 Å². The molecule has 2 fully saturated rings. The Morgan fingerprint density at radius 3 is 2.60 bits per heavy atom. The van der Waals surface area contributed by atoms with Gasteiger partial charge in [0, 0.05) is 16.3 Å². The molecule has 0 spiro atoms. The molecule has 112 valence electrons. The van der Waals surface area contributed by atoms with E-state index >= 15 is 0 Å². The molecule has 2 saturated carbocycles. The van der Waals surface area contributed by atoms with Gasteiger partial charge >= 0.3 is 0 Å². The molecule has 4 atom stereocenters. The SMILES string of the molecule is Cc1ccc(C(CN)OC2CC3CCC2(C)C3(C)C)s1. The summed E-state index contributed by atoms with van der Waals surface area (Å²) >= 11 is 1.82. The van der Waals surface area contributed by atoms with Crippen LogP contribution in [0.15, 0.2) is 12.1 Å². The third-order valence-electron chi connectivity index (χ3n) is 6.34. The third kappa shape index (κ3) is 1.98. The normalized spacial score (nSPS) is 36.5. The molecule has 0 saturated heterocycles. The van der Waals surface area contributed by atoms with Crippen molar-refractivity contribution >= 4 is 11.3 Å². The third-order valence-corrected chi connectivity index (χ3v) is 7.43. The molecular formula is C17H27NOS. The van der Waals surface area contributed by atoms with E-state index in [9.17, 15) is 0 Å². The molecule has 1 aromatic heterocycles. The molecule has 0 radical (unpaired) electrons. The van der Waals surface area contributed by atoms with Gasteiger partial charge in [0.25, 0.3) is 0 Å². The molecule has 4 unspecified atom stereocenters. The Morgan fingerprint density at radius 2 is 2.15 bits per heavy atom. The Labute approximate surface area is 126 Å². The molecule has 2 aliphatic rings. The van der Waals surface area contributed by atoms with Crippen molar-refractivity contribution in [2.24, 2.45) is 22.5 Å².